The largest absolute Gasteiger partial charge is 0.393 e. The lowest BCUT2D eigenvalue weighted by atomic mass is 10.1. The third-order valence-corrected chi connectivity index (χ3v) is 5.13. The highest BCUT2D eigenvalue weighted by Crippen LogP contribution is 2.24. The molecule has 0 aromatic heterocycles. The van der Waals surface area contributed by atoms with E-state index in [4.69, 9.17) is 0 Å². The van der Waals surface area contributed by atoms with Crippen LogP contribution in [0.1, 0.15) is 30.9 Å². The molecule has 1 aliphatic rings. The summed E-state index contributed by atoms with van der Waals surface area (Å²) in [5, 5.41) is 16.2. The van der Waals surface area contributed by atoms with Crippen LogP contribution in [0.2, 0.25) is 0 Å². The predicted octanol–water partition coefficient (Wildman–Crippen LogP) is 3.08. The van der Waals surface area contributed by atoms with E-state index in [9.17, 15) is 9.50 Å². The van der Waals surface area contributed by atoms with Gasteiger partial charge in [-0.15, -0.1) is 0 Å². The van der Waals surface area contributed by atoms with Crippen LogP contribution in [-0.2, 0) is 13.0 Å². The second-order valence-electron chi connectivity index (χ2n) is 7.36. The van der Waals surface area contributed by atoms with Crippen molar-refractivity contribution < 1.29 is 9.50 Å². The first-order chi connectivity index (χ1) is 14.2. The molecule has 0 atom stereocenters. The van der Waals surface area contributed by atoms with Crippen LogP contribution in [0.3, 0.4) is 0 Å². The topological polar surface area (TPSA) is 59.9 Å². The van der Waals surface area contributed by atoms with Crippen LogP contribution < -0.4 is 15.5 Å². The number of benzene rings is 2. The van der Waals surface area contributed by atoms with E-state index >= 15 is 0 Å². The molecule has 29 heavy (non-hydrogen) atoms. The molecule has 0 radical (unpaired) electrons. The molecule has 0 bridgehead atoms. The summed E-state index contributed by atoms with van der Waals surface area (Å²) in [5.74, 6) is 0.508. The fourth-order valence-corrected chi connectivity index (χ4v) is 3.49. The fraction of sp³-hybridized carbons (Fsp3) is 0.435. The van der Waals surface area contributed by atoms with Gasteiger partial charge in [0.25, 0.3) is 0 Å². The molecule has 2 aromatic rings. The second kappa shape index (κ2) is 10.8. The van der Waals surface area contributed by atoms with Crippen molar-refractivity contribution >= 4 is 11.6 Å². The predicted molar refractivity (Wildman–Crippen MR) is 117 cm³/mol. The third kappa shape index (κ3) is 6.46. The average molecular weight is 399 g/mol. The van der Waals surface area contributed by atoms with E-state index in [1.54, 1.807) is 6.07 Å². The first-order valence-electron chi connectivity index (χ1n) is 10.4. The number of anilines is 1. The maximum atomic E-state index is 14.6. The lowest BCUT2D eigenvalue weighted by molar-refractivity contribution is 0.145. The summed E-state index contributed by atoms with van der Waals surface area (Å²) >= 11 is 0. The number of aliphatic hydroxyl groups is 1. The number of rotatable bonds is 7. The van der Waals surface area contributed by atoms with Gasteiger partial charge in [0.2, 0.25) is 0 Å². The van der Waals surface area contributed by atoms with Gasteiger partial charge in [-0.05, 0) is 49.4 Å². The minimum absolute atomic E-state index is 0.226. The van der Waals surface area contributed by atoms with E-state index in [1.165, 1.54) is 5.56 Å². The van der Waals surface area contributed by atoms with Gasteiger partial charge in [0.1, 0.15) is 5.82 Å². The number of aliphatic imine (C=N–C) groups is 1. The van der Waals surface area contributed by atoms with E-state index in [-0.39, 0.29) is 11.9 Å². The molecule has 3 rings (SSSR count). The Labute approximate surface area is 172 Å². The van der Waals surface area contributed by atoms with Gasteiger partial charge < -0.3 is 20.6 Å². The molecule has 3 N–H and O–H groups in total. The minimum Gasteiger partial charge on any atom is -0.393 e. The maximum absolute atomic E-state index is 14.6. The Morgan fingerprint density at radius 1 is 1.10 bits per heavy atom. The highest BCUT2D eigenvalue weighted by atomic mass is 19.1. The molecule has 0 unspecified atom stereocenters. The molecule has 0 spiro atoms. The average Bonchev–Trinajstić information content (AvgIpc) is 2.74. The summed E-state index contributed by atoms with van der Waals surface area (Å²) in [6.45, 7) is 5.36. The third-order valence-electron chi connectivity index (χ3n) is 5.13. The zero-order valence-electron chi connectivity index (χ0n) is 17.1. The van der Waals surface area contributed by atoms with Gasteiger partial charge in [0, 0.05) is 26.2 Å². The Morgan fingerprint density at radius 3 is 2.55 bits per heavy atom. The molecule has 0 aliphatic carbocycles. The van der Waals surface area contributed by atoms with Gasteiger partial charge in [0.15, 0.2) is 5.96 Å². The van der Waals surface area contributed by atoms with E-state index in [0.717, 1.165) is 31.0 Å². The molecule has 156 valence electrons. The summed E-state index contributed by atoms with van der Waals surface area (Å²) < 4.78 is 14.6. The molecular formula is C23H31FN4O. The van der Waals surface area contributed by atoms with Crippen LogP contribution in [0.5, 0.6) is 0 Å². The van der Waals surface area contributed by atoms with E-state index in [0.29, 0.717) is 38.2 Å². The first-order valence-corrected chi connectivity index (χ1v) is 10.4. The fourth-order valence-electron chi connectivity index (χ4n) is 3.49. The normalized spacial score (nSPS) is 15.4. The van der Waals surface area contributed by atoms with Gasteiger partial charge >= 0.3 is 0 Å². The minimum atomic E-state index is -0.262. The quantitative estimate of drug-likeness (QED) is 0.496. The van der Waals surface area contributed by atoms with Crippen molar-refractivity contribution in [2.45, 2.75) is 38.8 Å². The number of halogens is 1. The Bertz CT molecular complexity index is 789. The summed E-state index contributed by atoms with van der Waals surface area (Å²) in [5.41, 5.74) is 2.72. The van der Waals surface area contributed by atoms with Crippen molar-refractivity contribution in [1.82, 2.24) is 10.6 Å². The number of guanidine groups is 1. The van der Waals surface area contributed by atoms with Crippen molar-refractivity contribution in [3.05, 3.63) is 65.5 Å². The second-order valence-corrected chi connectivity index (χ2v) is 7.36. The highest BCUT2D eigenvalue weighted by Gasteiger charge is 2.19. The zero-order valence-corrected chi connectivity index (χ0v) is 17.1. The molecule has 1 fully saturated rings. The molecule has 1 aliphatic heterocycles. The first kappa shape index (κ1) is 21.1. The van der Waals surface area contributed by atoms with Crippen LogP contribution in [0.15, 0.2) is 53.5 Å². The van der Waals surface area contributed by atoms with Gasteiger partial charge in [-0.25, -0.2) is 9.38 Å². The molecule has 0 amide bonds. The molecular weight excluding hydrogens is 367 g/mol. The van der Waals surface area contributed by atoms with Gasteiger partial charge in [-0.2, -0.15) is 0 Å². The SMILES string of the molecule is CCNC(=NCc1ccc(N2CCC(O)CC2)c(F)c1)NCCc1ccccc1. The Balaban J connectivity index is 1.56. The van der Waals surface area contributed by atoms with Crippen molar-refractivity contribution in [2.75, 3.05) is 31.1 Å². The number of nitrogens with one attached hydrogen (secondary N) is 2. The van der Waals surface area contributed by atoms with Crippen LogP contribution in [0.25, 0.3) is 0 Å². The molecule has 1 saturated heterocycles. The summed E-state index contributed by atoms with van der Waals surface area (Å²) in [6, 6.07) is 15.6. The summed E-state index contributed by atoms with van der Waals surface area (Å²) in [6.07, 6.45) is 2.03. The smallest absolute Gasteiger partial charge is 0.191 e. The van der Waals surface area contributed by atoms with Crippen LogP contribution in [-0.4, -0.2) is 43.3 Å². The van der Waals surface area contributed by atoms with Crippen molar-refractivity contribution in [3.63, 3.8) is 0 Å². The standard InChI is InChI=1S/C23H31FN4O/c1-2-25-23(26-13-10-18-6-4-3-5-7-18)27-17-19-8-9-22(21(24)16-19)28-14-11-20(29)12-15-28/h3-9,16,20,29H,2,10-15,17H2,1H3,(H2,25,26,27). The lowest BCUT2D eigenvalue weighted by Gasteiger charge is -2.31. The molecule has 6 heteroatoms. The number of aliphatic hydroxyl groups excluding tert-OH is 1. The summed E-state index contributed by atoms with van der Waals surface area (Å²) in [4.78, 5) is 6.59. The van der Waals surface area contributed by atoms with E-state index in [1.807, 2.05) is 42.2 Å². The van der Waals surface area contributed by atoms with Crippen LogP contribution in [0, 0.1) is 5.82 Å². The molecule has 5 nitrogen and oxygen atoms in total. The maximum Gasteiger partial charge on any atom is 0.191 e. The molecule has 0 saturated carbocycles. The Kier molecular flexibility index (Phi) is 7.87. The zero-order chi connectivity index (χ0) is 20.5. The highest BCUT2D eigenvalue weighted by molar-refractivity contribution is 5.79. The van der Waals surface area contributed by atoms with Gasteiger partial charge in [-0.3, -0.25) is 0 Å². The van der Waals surface area contributed by atoms with Crippen molar-refractivity contribution in [2.24, 2.45) is 4.99 Å². The number of nitrogens with zero attached hydrogens (tertiary/aromatic N) is 2. The van der Waals surface area contributed by atoms with Crippen molar-refractivity contribution in [1.29, 1.82) is 0 Å². The lowest BCUT2D eigenvalue weighted by Crippen LogP contribution is -2.38. The van der Waals surface area contributed by atoms with Crippen LogP contribution >= 0.6 is 0 Å². The molecule has 2 aromatic carbocycles. The number of hydrogen-bond acceptors (Lipinski definition) is 3. The monoisotopic (exact) mass is 398 g/mol. The van der Waals surface area contributed by atoms with Gasteiger partial charge in [-0.1, -0.05) is 36.4 Å². The molecule has 1 heterocycles. The van der Waals surface area contributed by atoms with E-state index in [2.05, 4.69) is 27.8 Å². The van der Waals surface area contributed by atoms with Gasteiger partial charge in [0.05, 0.1) is 18.3 Å². The number of hydrogen-bond donors (Lipinski definition) is 3. The number of piperidine rings is 1. The summed E-state index contributed by atoms with van der Waals surface area (Å²) in [7, 11) is 0. The van der Waals surface area contributed by atoms with E-state index < -0.39 is 0 Å². The Morgan fingerprint density at radius 2 is 1.86 bits per heavy atom. The van der Waals surface area contributed by atoms with Crippen molar-refractivity contribution in [3.8, 4) is 0 Å². The Hall–Kier alpha value is -2.60. The van der Waals surface area contributed by atoms with Crippen LogP contribution in [0.4, 0.5) is 10.1 Å².